The average molecular weight is 380 g/mol. The average Bonchev–Trinajstić information content (AvgIpc) is 2.58. The molecular weight excluding hydrogens is 361 g/mol. The molecule has 0 heterocycles. The molecule has 138 valence electrons. The molecule has 0 saturated heterocycles. The Bertz CT molecular complexity index is 838. The molecule has 26 heavy (non-hydrogen) atoms. The Morgan fingerprint density at radius 2 is 1.88 bits per heavy atom. The third kappa shape index (κ3) is 4.52. The number of carbonyl (C=O) groups excluding carboxylic acids is 1. The molecule has 0 aromatic heterocycles. The number of hydrogen-bond donors (Lipinski definition) is 1. The summed E-state index contributed by atoms with van der Waals surface area (Å²) in [6.45, 7) is 1.83. The molecule has 0 spiro atoms. The van der Waals surface area contributed by atoms with E-state index < -0.39 is 23.5 Å². The van der Waals surface area contributed by atoms with Gasteiger partial charge in [-0.25, -0.2) is 9.18 Å². The Morgan fingerprint density at radius 3 is 2.42 bits per heavy atom. The number of halogens is 2. The summed E-state index contributed by atoms with van der Waals surface area (Å²) in [6, 6.07) is 8.62. The van der Waals surface area contributed by atoms with E-state index in [-0.39, 0.29) is 5.91 Å². The smallest absolute Gasteiger partial charge is 0.338 e. The zero-order chi connectivity index (χ0) is 19.4. The van der Waals surface area contributed by atoms with Crippen LogP contribution in [0.2, 0.25) is 5.02 Å². The van der Waals surface area contributed by atoms with Gasteiger partial charge in [0.05, 0.1) is 5.56 Å². The van der Waals surface area contributed by atoms with Crippen molar-refractivity contribution in [2.24, 2.45) is 0 Å². The molecule has 1 N–H and O–H groups in total. The van der Waals surface area contributed by atoms with E-state index >= 15 is 0 Å². The number of hydrogen-bond acceptors (Lipinski definition) is 3. The zero-order valence-electron chi connectivity index (χ0n) is 14.6. The summed E-state index contributed by atoms with van der Waals surface area (Å²) in [4.78, 5) is 24.5. The van der Waals surface area contributed by atoms with Gasteiger partial charge < -0.3 is 14.7 Å². The third-order valence-electron chi connectivity index (χ3n) is 3.77. The van der Waals surface area contributed by atoms with Gasteiger partial charge in [0.2, 0.25) is 0 Å². The van der Waals surface area contributed by atoms with E-state index in [4.69, 9.17) is 21.4 Å². The molecular formula is C19H19ClFNO4. The number of amides is 1. The number of aromatic carboxylic acids is 1. The first-order chi connectivity index (χ1) is 12.2. The van der Waals surface area contributed by atoms with Gasteiger partial charge >= 0.3 is 5.97 Å². The van der Waals surface area contributed by atoms with E-state index in [2.05, 4.69) is 0 Å². The maximum Gasteiger partial charge on any atom is 0.338 e. The number of carboxylic acids is 1. The highest BCUT2D eigenvalue weighted by Crippen LogP contribution is 2.30. The van der Waals surface area contributed by atoms with E-state index in [0.29, 0.717) is 28.3 Å². The van der Waals surface area contributed by atoms with Gasteiger partial charge in [-0.3, -0.25) is 4.79 Å². The summed E-state index contributed by atoms with van der Waals surface area (Å²) in [7, 11) is 3.29. The van der Waals surface area contributed by atoms with Crippen LogP contribution in [0, 0.1) is 5.82 Å². The summed E-state index contributed by atoms with van der Waals surface area (Å²) >= 11 is 6.13. The second-order valence-electron chi connectivity index (χ2n) is 5.92. The van der Waals surface area contributed by atoms with Crippen LogP contribution in [0.5, 0.6) is 5.75 Å². The summed E-state index contributed by atoms with van der Waals surface area (Å²) < 4.78 is 19.7. The number of carboxylic acid groups (broad SMARTS) is 1. The van der Waals surface area contributed by atoms with Gasteiger partial charge in [-0.05, 0) is 47.9 Å². The molecule has 1 amide bonds. The SMILES string of the molecule is CCC(Oc1cc(Cl)cc(-c2ccc(C(=O)O)c(F)c2)c1)C(=O)N(C)C. The van der Waals surface area contributed by atoms with Crippen molar-refractivity contribution in [1.29, 1.82) is 0 Å². The molecule has 0 aliphatic rings. The van der Waals surface area contributed by atoms with Crippen molar-refractivity contribution in [3.8, 4) is 16.9 Å². The van der Waals surface area contributed by atoms with Crippen LogP contribution in [0.4, 0.5) is 4.39 Å². The number of likely N-dealkylation sites (N-methyl/N-ethyl adjacent to an activating group) is 1. The molecule has 0 saturated carbocycles. The predicted octanol–water partition coefficient (Wildman–Crippen LogP) is 4.09. The van der Waals surface area contributed by atoms with E-state index in [1.807, 2.05) is 6.92 Å². The summed E-state index contributed by atoms with van der Waals surface area (Å²) in [6.07, 6.45) is -0.191. The molecule has 2 aromatic rings. The predicted molar refractivity (Wildman–Crippen MR) is 97.2 cm³/mol. The first kappa shape index (κ1) is 19.7. The van der Waals surface area contributed by atoms with Gasteiger partial charge in [0.15, 0.2) is 6.10 Å². The molecule has 2 aromatic carbocycles. The number of benzene rings is 2. The second kappa shape index (κ2) is 8.19. The van der Waals surface area contributed by atoms with Crippen LogP contribution in [-0.2, 0) is 4.79 Å². The Kier molecular flexibility index (Phi) is 6.21. The lowest BCUT2D eigenvalue weighted by atomic mass is 10.0. The summed E-state index contributed by atoms with van der Waals surface area (Å²) in [5.41, 5.74) is 0.595. The van der Waals surface area contributed by atoms with Gasteiger partial charge in [0.25, 0.3) is 5.91 Å². The number of ether oxygens (including phenoxy) is 1. The van der Waals surface area contributed by atoms with Crippen molar-refractivity contribution in [2.75, 3.05) is 14.1 Å². The normalized spacial score (nSPS) is 11.7. The quantitative estimate of drug-likeness (QED) is 0.820. The highest BCUT2D eigenvalue weighted by Gasteiger charge is 2.20. The molecule has 5 nitrogen and oxygen atoms in total. The lowest BCUT2D eigenvalue weighted by Gasteiger charge is -2.21. The highest BCUT2D eigenvalue weighted by molar-refractivity contribution is 6.31. The van der Waals surface area contributed by atoms with Crippen LogP contribution < -0.4 is 4.74 Å². The molecule has 0 aliphatic carbocycles. The summed E-state index contributed by atoms with van der Waals surface area (Å²) in [5.74, 6) is -1.98. The monoisotopic (exact) mass is 379 g/mol. The Balaban J connectivity index is 2.37. The van der Waals surface area contributed by atoms with Crippen molar-refractivity contribution < 1.29 is 23.8 Å². The van der Waals surface area contributed by atoms with Gasteiger partial charge in [0.1, 0.15) is 11.6 Å². The number of rotatable bonds is 6. The highest BCUT2D eigenvalue weighted by atomic mass is 35.5. The molecule has 0 bridgehead atoms. The molecule has 0 aliphatic heterocycles. The van der Waals surface area contributed by atoms with Crippen molar-refractivity contribution in [1.82, 2.24) is 4.90 Å². The van der Waals surface area contributed by atoms with Crippen molar-refractivity contribution >= 4 is 23.5 Å². The van der Waals surface area contributed by atoms with Crippen LogP contribution in [0.15, 0.2) is 36.4 Å². The van der Waals surface area contributed by atoms with E-state index in [9.17, 15) is 14.0 Å². The van der Waals surface area contributed by atoms with Crippen LogP contribution >= 0.6 is 11.6 Å². The van der Waals surface area contributed by atoms with Crippen LogP contribution in [0.1, 0.15) is 23.7 Å². The second-order valence-corrected chi connectivity index (χ2v) is 6.36. The Labute approximate surface area is 156 Å². The van der Waals surface area contributed by atoms with Crippen molar-refractivity contribution in [3.05, 3.63) is 52.8 Å². The maximum absolute atomic E-state index is 14.0. The lowest BCUT2D eigenvalue weighted by Crippen LogP contribution is -2.37. The first-order valence-electron chi connectivity index (χ1n) is 7.94. The number of carbonyl (C=O) groups is 2. The fraction of sp³-hybridized carbons (Fsp3) is 0.263. The van der Waals surface area contributed by atoms with Crippen LogP contribution in [0.25, 0.3) is 11.1 Å². The standard InChI is InChI=1S/C19H19ClFNO4/c1-4-17(18(23)22(2)3)26-14-8-12(7-13(20)10-14)11-5-6-15(19(24)25)16(21)9-11/h5-10,17H,4H2,1-3H3,(H,24,25). The number of nitrogens with zero attached hydrogens (tertiary/aromatic N) is 1. The molecule has 1 atom stereocenters. The van der Waals surface area contributed by atoms with Crippen LogP contribution in [-0.4, -0.2) is 42.1 Å². The van der Waals surface area contributed by atoms with Crippen LogP contribution in [0.3, 0.4) is 0 Å². The minimum Gasteiger partial charge on any atom is -0.481 e. The van der Waals surface area contributed by atoms with Crippen molar-refractivity contribution in [3.63, 3.8) is 0 Å². The first-order valence-corrected chi connectivity index (χ1v) is 8.32. The molecule has 7 heteroatoms. The van der Waals surface area contributed by atoms with Crippen molar-refractivity contribution in [2.45, 2.75) is 19.4 Å². The summed E-state index contributed by atoms with van der Waals surface area (Å²) in [5, 5.41) is 9.28. The third-order valence-corrected chi connectivity index (χ3v) is 3.99. The molecule has 1 unspecified atom stereocenters. The minimum atomic E-state index is -1.34. The molecule has 0 fully saturated rings. The fourth-order valence-electron chi connectivity index (χ4n) is 2.43. The van der Waals surface area contributed by atoms with Gasteiger partial charge in [0, 0.05) is 19.1 Å². The van der Waals surface area contributed by atoms with Gasteiger partial charge in [-0.2, -0.15) is 0 Å². The van der Waals surface area contributed by atoms with E-state index in [1.165, 1.54) is 17.0 Å². The topological polar surface area (TPSA) is 66.8 Å². The van der Waals surface area contributed by atoms with E-state index in [0.717, 1.165) is 6.07 Å². The minimum absolute atomic E-state index is 0.175. The molecule has 2 rings (SSSR count). The van der Waals surface area contributed by atoms with E-state index in [1.54, 1.807) is 32.3 Å². The Morgan fingerprint density at radius 1 is 1.19 bits per heavy atom. The fourth-order valence-corrected chi connectivity index (χ4v) is 2.65. The lowest BCUT2D eigenvalue weighted by molar-refractivity contribution is -0.136. The zero-order valence-corrected chi connectivity index (χ0v) is 15.4. The molecule has 0 radical (unpaired) electrons. The van der Waals surface area contributed by atoms with Gasteiger partial charge in [-0.1, -0.05) is 24.6 Å². The Hall–Kier alpha value is -2.60. The largest absolute Gasteiger partial charge is 0.481 e. The van der Waals surface area contributed by atoms with Gasteiger partial charge in [-0.15, -0.1) is 0 Å². The maximum atomic E-state index is 14.0.